The fraction of sp³-hybridized carbons (Fsp3) is 0.222. The quantitative estimate of drug-likeness (QED) is 0.747. The molecule has 3 N–H and O–H groups in total. The zero-order chi connectivity index (χ0) is 18.4. The second-order valence-corrected chi connectivity index (χ2v) is 5.91. The molecule has 0 fully saturated rings. The van der Waals surface area contributed by atoms with Crippen molar-refractivity contribution >= 4 is 34.9 Å². The summed E-state index contributed by atoms with van der Waals surface area (Å²) in [5.74, 6) is 0.287. The van der Waals surface area contributed by atoms with Crippen LogP contribution in [-0.4, -0.2) is 19.0 Å². The van der Waals surface area contributed by atoms with Crippen molar-refractivity contribution in [1.82, 2.24) is 5.32 Å². The van der Waals surface area contributed by atoms with Crippen molar-refractivity contribution in [2.24, 2.45) is 0 Å². The number of halogens is 1. The summed E-state index contributed by atoms with van der Waals surface area (Å²) in [6.07, 6.45) is 0. The molecule has 6 nitrogen and oxygen atoms in total. The van der Waals surface area contributed by atoms with Crippen LogP contribution in [0.1, 0.15) is 25.5 Å². The number of ether oxygens (including phenoxy) is 1. The van der Waals surface area contributed by atoms with E-state index in [1.165, 1.54) is 14.0 Å². The van der Waals surface area contributed by atoms with E-state index in [0.717, 1.165) is 5.56 Å². The number of hydrogen-bond donors (Lipinski definition) is 3. The number of amides is 3. The van der Waals surface area contributed by atoms with Crippen molar-refractivity contribution in [1.29, 1.82) is 0 Å². The van der Waals surface area contributed by atoms with Crippen LogP contribution in [0, 0.1) is 0 Å². The molecule has 25 heavy (non-hydrogen) atoms. The molecular weight excluding hydrogens is 342 g/mol. The van der Waals surface area contributed by atoms with Gasteiger partial charge in [-0.1, -0.05) is 23.7 Å². The first-order valence-electron chi connectivity index (χ1n) is 7.67. The Balaban J connectivity index is 2.09. The number of nitrogens with one attached hydrogen (secondary N) is 3. The summed E-state index contributed by atoms with van der Waals surface area (Å²) in [6.45, 7) is 3.27. The molecule has 2 rings (SSSR count). The number of benzene rings is 2. The molecule has 0 radical (unpaired) electrons. The molecule has 0 saturated heterocycles. The molecule has 0 spiro atoms. The van der Waals surface area contributed by atoms with E-state index in [1.54, 1.807) is 30.3 Å². The van der Waals surface area contributed by atoms with E-state index < -0.39 is 6.03 Å². The van der Waals surface area contributed by atoms with E-state index in [4.69, 9.17) is 16.3 Å². The van der Waals surface area contributed by atoms with Crippen molar-refractivity contribution in [3.05, 3.63) is 53.1 Å². The smallest absolute Gasteiger partial charge is 0.319 e. The molecule has 0 aliphatic heterocycles. The Morgan fingerprint density at radius 2 is 1.88 bits per heavy atom. The zero-order valence-electron chi connectivity index (χ0n) is 14.2. The van der Waals surface area contributed by atoms with Crippen molar-refractivity contribution < 1.29 is 14.3 Å². The van der Waals surface area contributed by atoms with Gasteiger partial charge in [-0.25, -0.2) is 4.79 Å². The number of carbonyl (C=O) groups is 2. The topological polar surface area (TPSA) is 79.5 Å². The molecule has 0 saturated carbocycles. The number of urea groups is 1. The third-order valence-corrected chi connectivity index (χ3v) is 3.70. The minimum atomic E-state index is -0.397. The van der Waals surface area contributed by atoms with Crippen LogP contribution in [0.2, 0.25) is 5.02 Å². The summed E-state index contributed by atoms with van der Waals surface area (Å²) in [7, 11) is 1.51. The lowest BCUT2D eigenvalue weighted by molar-refractivity contribution is -0.114. The highest BCUT2D eigenvalue weighted by molar-refractivity contribution is 6.30. The highest BCUT2D eigenvalue weighted by atomic mass is 35.5. The minimum absolute atomic E-state index is 0.199. The molecule has 2 aromatic carbocycles. The molecule has 1 atom stereocenters. The lowest BCUT2D eigenvalue weighted by atomic mass is 10.1. The summed E-state index contributed by atoms with van der Waals surface area (Å²) in [5.41, 5.74) is 1.90. The van der Waals surface area contributed by atoms with Gasteiger partial charge in [0.15, 0.2) is 0 Å². The summed E-state index contributed by atoms with van der Waals surface area (Å²) in [5, 5.41) is 8.83. The predicted molar refractivity (Wildman–Crippen MR) is 99.3 cm³/mol. The summed E-state index contributed by atoms with van der Waals surface area (Å²) < 4.78 is 5.24. The maximum Gasteiger partial charge on any atom is 0.319 e. The molecule has 0 aromatic heterocycles. The van der Waals surface area contributed by atoms with Crippen LogP contribution >= 0.6 is 11.6 Å². The third kappa shape index (κ3) is 5.39. The monoisotopic (exact) mass is 361 g/mol. The molecule has 0 bridgehead atoms. The van der Waals surface area contributed by atoms with Crippen LogP contribution in [0.4, 0.5) is 16.2 Å². The van der Waals surface area contributed by atoms with Crippen molar-refractivity contribution in [3.8, 4) is 5.75 Å². The van der Waals surface area contributed by atoms with Crippen molar-refractivity contribution in [2.45, 2.75) is 19.9 Å². The van der Waals surface area contributed by atoms with E-state index in [1.807, 2.05) is 19.1 Å². The standard InChI is InChI=1S/C18H20ClN3O3/c1-11(13-5-4-6-14(19)9-13)20-18(24)22-16-10-15(21-12(2)23)7-8-17(16)25-3/h4-11H,1-3H3,(H,21,23)(H2,20,22,24)/t11-/m0/s1. The van der Waals surface area contributed by atoms with E-state index in [0.29, 0.717) is 22.1 Å². The Morgan fingerprint density at radius 1 is 1.12 bits per heavy atom. The normalized spacial score (nSPS) is 11.4. The van der Waals surface area contributed by atoms with Crippen LogP contribution < -0.4 is 20.7 Å². The lowest BCUT2D eigenvalue weighted by Gasteiger charge is -2.17. The molecule has 3 amide bonds. The highest BCUT2D eigenvalue weighted by Gasteiger charge is 2.13. The Hall–Kier alpha value is -2.73. The van der Waals surface area contributed by atoms with E-state index in [-0.39, 0.29) is 11.9 Å². The zero-order valence-corrected chi connectivity index (χ0v) is 15.0. The Kier molecular flexibility index (Phi) is 6.25. The maximum absolute atomic E-state index is 12.3. The number of rotatable bonds is 5. The molecular formula is C18H20ClN3O3. The van der Waals surface area contributed by atoms with Gasteiger partial charge in [-0.3, -0.25) is 4.79 Å². The van der Waals surface area contributed by atoms with E-state index >= 15 is 0 Å². The fourth-order valence-corrected chi connectivity index (χ4v) is 2.50. The molecule has 0 aliphatic rings. The second-order valence-electron chi connectivity index (χ2n) is 5.47. The first-order valence-corrected chi connectivity index (χ1v) is 8.05. The number of methoxy groups -OCH3 is 1. The van der Waals surface area contributed by atoms with Gasteiger partial charge in [0.2, 0.25) is 5.91 Å². The SMILES string of the molecule is COc1ccc(NC(C)=O)cc1NC(=O)N[C@@H](C)c1cccc(Cl)c1. The van der Waals surface area contributed by atoms with Gasteiger partial charge >= 0.3 is 6.03 Å². The van der Waals surface area contributed by atoms with E-state index in [9.17, 15) is 9.59 Å². The van der Waals surface area contributed by atoms with Gasteiger partial charge in [0, 0.05) is 17.6 Å². The lowest BCUT2D eigenvalue weighted by Crippen LogP contribution is -2.31. The summed E-state index contributed by atoms with van der Waals surface area (Å²) in [6, 6.07) is 11.6. The van der Waals surface area contributed by atoms with Gasteiger partial charge in [0.1, 0.15) is 5.75 Å². The Labute approximate surface area is 151 Å². The van der Waals surface area contributed by atoms with Gasteiger partial charge in [0.05, 0.1) is 18.8 Å². The largest absolute Gasteiger partial charge is 0.495 e. The van der Waals surface area contributed by atoms with Gasteiger partial charge < -0.3 is 20.7 Å². The van der Waals surface area contributed by atoms with E-state index in [2.05, 4.69) is 16.0 Å². The molecule has 7 heteroatoms. The fourth-order valence-electron chi connectivity index (χ4n) is 2.30. The Bertz CT molecular complexity index is 780. The van der Waals surface area contributed by atoms with Gasteiger partial charge in [0.25, 0.3) is 0 Å². The summed E-state index contributed by atoms with van der Waals surface area (Å²) >= 11 is 5.97. The van der Waals surface area contributed by atoms with Crippen LogP contribution in [0.3, 0.4) is 0 Å². The molecule has 132 valence electrons. The number of anilines is 2. The molecule has 0 unspecified atom stereocenters. The second kappa shape index (κ2) is 8.39. The molecule has 0 aliphatic carbocycles. The van der Waals surface area contributed by atoms with Gasteiger partial charge in [-0.15, -0.1) is 0 Å². The maximum atomic E-state index is 12.3. The summed E-state index contributed by atoms with van der Waals surface area (Å²) in [4.78, 5) is 23.5. The average molecular weight is 362 g/mol. The molecule has 0 heterocycles. The first kappa shape index (κ1) is 18.6. The van der Waals surface area contributed by atoms with Crippen LogP contribution in [0.25, 0.3) is 0 Å². The van der Waals surface area contributed by atoms with Crippen LogP contribution in [0.5, 0.6) is 5.75 Å². The minimum Gasteiger partial charge on any atom is -0.495 e. The number of hydrogen-bond acceptors (Lipinski definition) is 3. The average Bonchev–Trinajstić information content (AvgIpc) is 2.54. The third-order valence-electron chi connectivity index (χ3n) is 3.46. The van der Waals surface area contributed by atoms with Crippen molar-refractivity contribution in [2.75, 3.05) is 17.7 Å². The van der Waals surface area contributed by atoms with Crippen molar-refractivity contribution in [3.63, 3.8) is 0 Å². The van der Waals surface area contributed by atoms with Gasteiger partial charge in [-0.05, 0) is 42.8 Å². The van der Waals surface area contributed by atoms with Crippen LogP contribution in [-0.2, 0) is 4.79 Å². The van der Waals surface area contributed by atoms with Crippen LogP contribution in [0.15, 0.2) is 42.5 Å². The molecule has 2 aromatic rings. The predicted octanol–water partition coefficient (Wildman–Crippen LogP) is 4.19. The number of carbonyl (C=O) groups excluding carboxylic acids is 2. The van der Waals surface area contributed by atoms with Gasteiger partial charge in [-0.2, -0.15) is 0 Å². The highest BCUT2D eigenvalue weighted by Crippen LogP contribution is 2.28. The Morgan fingerprint density at radius 3 is 2.52 bits per heavy atom. The first-order chi connectivity index (χ1) is 11.9.